The quantitative estimate of drug-likeness (QED) is 0.747. The van der Waals surface area contributed by atoms with Crippen LogP contribution < -0.4 is 5.32 Å². The highest BCUT2D eigenvalue weighted by Gasteiger charge is 2.50. The molecule has 20 heavy (non-hydrogen) atoms. The number of hydrogen-bond donors (Lipinski definition) is 2. The summed E-state index contributed by atoms with van der Waals surface area (Å²) in [5, 5.41) is 11.8. The van der Waals surface area contributed by atoms with Crippen LogP contribution in [0.1, 0.15) is 19.3 Å². The van der Waals surface area contributed by atoms with E-state index in [4.69, 9.17) is 5.11 Å². The van der Waals surface area contributed by atoms with Gasteiger partial charge in [0, 0.05) is 18.9 Å². The summed E-state index contributed by atoms with van der Waals surface area (Å²) in [5.74, 6) is -0.406. The van der Waals surface area contributed by atoms with E-state index >= 15 is 0 Å². The Labute approximate surface area is 122 Å². The highest BCUT2D eigenvalue weighted by atomic mass is 32.2. The van der Waals surface area contributed by atoms with Crippen molar-refractivity contribution in [1.82, 2.24) is 14.9 Å². The fourth-order valence-corrected chi connectivity index (χ4v) is 2.61. The van der Waals surface area contributed by atoms with Gasteiger partial charge in [-0.25, -0.2) is 9.78 Å². The normalized spacial score (nSPS) is 17.4. The van der Waals surface area contributed by atoms with Gasteiger partial charge in [-0.3, -0.25) is 4.79 Å². The Morgan fingerprint density at radius 1 is 1.55 bits per heavy atom. The van der Waals surface area contributed by atoms with Crippen molar-refractivity contribution in [2.45, 2.75) is 31.8 Å². The van der Waals surface area contributed by atoms with Crippen molar-refractivity contribution in [3.8, 4) is 0 Å². The highest BCUT2D eigenvalue weighted by Crippen LogP contribution is 2.47. The molecule has 1 aromatic heterocycles. The lowest BCUT2D eigenvalue weighted by Crippen LogP contribution is -2.45. The van der Waals surface area contributed by atoms with Crippen molar-refractivity contribution in [3.63, 3.8) is 0 Å². The molecule has 1 heterocycles. The molecule has 0 saturated heterocycles. The number of nitrogens with one attached hydrogen (secondary N) is 1. The van der Waals surface area contributed by atoms with Gasteiger partial charge in [0.25, 0.3) is 0 Å². The van der Waals surface area contributed by atoms with E-state index in [0.717, 1.165) is 12.8 Å². The maximum absolute atomic E-state index is 12.3. The fraction of sp³-hybridized carbons (Fsp3) is 0.615. The van der Waals surface area contributed by atoms with Crippen LogP contribution >= 0.6 is 11.8 Å². The summed E-state index contributed by atoms with van der Waals surface area (Å²) in [6.45, 7) is 0.563. The standard InChI is InChI=1S/C13H19N3O3S/c1-20-7-2-10(11(17)18)15-12(19)13(3-4-13)8-16-6-5-14-9-16/h5-6,9-10H,2-4,7-8H2,1H3,(H,15,19)(H,17,18)/t10-/m1/s1. The van der Waals surface area contributed by atoms with Crippen LogP contribution in [0.3, 0.4) is 0 Å². The molecule has 0 bridgehead atoms. The number of thioether (sulfide) groups is 1. The van der Waals surface area contributed by atoms with Crippen LogP contribution in [0.2, 0.25) is 0 Å². The Bertz CT molecular complexity index is 471. The smallest absolute Gasteiger partial charge is 0.326 e. The van der Waals surface area contributed by atoms with Crippen LogP contribution in [-0.4, -0.2) is 44.6 Å². The van der Waals surface area contributed by atoms with E-state index in [0.29, 0.717) is 18.7 Å². The Balaban J connectivity index is 1.94. The molecule has 2 N–H and O–H groups in total. The summed E-state index contributed by atoms with van der Waals surface area (Å²) in [6, 6.07) is -0.796. The average Bonchev–Trinajstić information content (AvgIpc) is 3.01. The Morgan fingerprint density at radius 3 is 2.80 bits per heavy atom. The van der Waals surface area contributed by atoms with Crippen LogP contribution in [0.15, 0.2) is 18.7 Å². The monoisotopic (exact) mass is 297 g/mol. The highest BCUT2D eigenvalue weighted by molar-refractivity contribution is 7.98. The van der Waals surface area contributed by atoms with Gasteiger partial charge >= 0.3 is 5.97 Å². The molecular formula is C13H19N3O3S. The minimum absolute atomic E-state index is 0.153. The predicted octanol–water partition coefficient (Wildman–Crippen LogP) is 0.986. The first-order valence-corrected chi connectivity index (χ1v) is 7.95. The van der Waals surface area contributed by atoms with Crippen molar-refractivity contribution in [3.05, 3.63) is 18.7 Å². The predicted molar refractivity (Wildman–Crippen MR) is 76.5 cm³/mol. The number of aliphatic carboxylic acids is 1. The lowest BCUT2D eigenvalue weighted by Gasteiger charge is -2.20. The molecular weight excluding hydrogens is 278 g/mol. The number of carboxylic acids is 1. The third-order valence-electron chi connectivity index (χ3n) is 3.59. The van der Waals surface area contributed by atoms with Crippen molar-refractivity contribution >= 4 is 23.6 Å². The van der Waals surface area contributed by atoms with E-state index in [2.05, 4.69) is 10.3 Å². The van der Waals surface area contributed by atoms with Crippen LogP contribution in [-0.2, 0) is 16.1 Å². The molecule has 1 aliphatic carbocycles. The zero-order valence-electron chi connectivity index (χ0n) is 11.4. The first kappa shape index (κ1) is 14.9. The van der Waals surface area contributed by atoms with Gasteiger partial charge in [-0.1, -0.05) is 0 Å². The Morgan fingerprint density at radius 2 is 2.30 bits per heavy atom. The summed E-state index contributed by atoms with van der Waals surface area (Å²) in [4.78, 5) is 27.4. The molecule has 6 nitrogen and oxygen atoms in total. The first-order chi connectivity index (χ1) is 9.57. The van der Waals surface area contributed by atoms with Crippen molar-refractivity contribution in [2.24, 2.45) is 5.41 Å². The number of hydrogen-bond acceptors (Lipinski definition) is 4. The fourth-order valence-electron chi connectivity index (χ4n) is 2.14. The van der Waals surface area contributed by atoms with Crippen LogP contribution in [0.4, 0.5) is 0 Å². The largest absolute Gasteiger partial charge is 0.480 e. The molecule has 2 rings (SSSR count). The molecule has 1 atom stereocenters. The topological polar surface area (TPSA) is 84.2 Å². The second kappa shape index (κ2) is 6.30. The number of rotatable bonds is 8. The van der Waals surface area contributed by atoms with Gasteiger partial charge in [-0.15, -0.1) is 0 Å². The van der Waals surface area contributed by atoms with Crippen molar-refractivity contribution in [1.29, 1.82) is 0 Å². The van der Waals surface area contributed by atoms with E-state index in [1.165, 1.54) is 0 Å². The number of carbonyl (C=O) groups is 2. The van der Waals surface area contributed by atoms with Gasteiger partial charge in [0.2, 0.25) is 5.91 Å². The van der Waals surface area contributed by atoms with Crippen molar-refractivity contribution < 1.29 is 14.7 Å². The maximum atomic E-state index is 12.3. The van der Waals surface area contributed by atoms with Crippen molar-refractivity contribution in [2.75, 3.05) is 12.0 Å². The van der Waals surface area contributed by atoms with E-state index in [1.807, 2.05) is 17.0 Å². The maximum Gasteiger partial charge on any atom is 0.326 e. The van der Waals surface area contributed by atoms with Gasteiger partial charge in [0.15, 0.2) is 0 Å². The summed E-state index contributed by atoms with van der Waals surface area (Å²) in [5.41, 5.74) is -0.451. The molecule has 1 saturated carbocycles. The van der Waals surface area contributed by atoms with Gasteiger partial charge in [-0.05, 0) is 31.3 Å². The lowest BCUT2D eigenvalue weighted by molar-refractivity contribution is -0.142. The van der Waals surface area contributed by atoms with Gasteiger partial charge < -0.3 is 15.0 Å². The number of carboxylic acid groups (broad SMARTS) is 1. The third kappa shape index (κ3) is 3.53. The molecule has 0 aliphatic heterocycles. The minimum atomic E-state index is -0.967. The molecule has 1 amide bonds. The number of nitrogens with zero attached hydrogens (tertiary/aromatic N) is 2. The second-order valence-corrected chi connectivity index (χ2v) is 6.15. The zero-order chi connectivity index (χ0) is 14.6. The molecule has 1 fully saturated rings. The molecule has 0 spiro atoms. The third-order valence-corrected chi connectivity index (χ3v) is 4.24. The average molecular weight is 297 g/mol. The molecule has 0 radical (unpaired) electrons. The molecule has 1 aromatic rings. The van der Waals surface area contributed by atoms with Gasteiger partial charge in [-0.2, -0.15) is 11.8 Å². The Kier molecular flexibility index (Phi) is 4.69. The molecule has 1 aliphatic rings. The summed E-state index contributed by atoms with van der Waals surface area (Å²) >= 11 is 1.57. The number of amides is 1. The van der Waals surface area contributed by atoms with E-state index in [1.54, 1.807) is 24.3 Å². The SMILES string of the molecule is CSCC[C@@H](NC(=O)C1(Cn2ccnc2)CC1)C(=O)O. The van der Waals surface area contributed by atoms with Gasteiger partial charge in [0.05, 0.1) is 11.7 Å². The summed E-state index contributed by atoms with van der Waals surface area (Å²) in [7, 11) is 0. The summed E-state index contributed by atoms with van der Waals surface area (Å²) in [6.07, 6.45) is 9.13. The molecule has 7 heteroatoms. The second-order valence-electron chi connectivity index (χ2n) is 5.16. The van der Waals surface area contributed by atoms with Crippen LogP contribution in [0, 0.1) is 5.41 Å². The van der Waals surface area contributed by atoms with Crippen LogP contribution in [0.5, 0.6) is 0 Å². The molecule has 110 valence electrons. The molecule has 0 unspecified atom stereocenters. The van der Waals surface area contributed by atoms with Crippen LogP contribution in [0.25, 0.3) is 0 Å². The number of aromatic nitrogens is 2. The van der Waals surface area contributed by atoms with E-state index < -0.39 is 17.4 Å². The van der Waals surface area contributed by atoms with E-state index in [-0.39, 0.29) is 5.91 Å². The minimum Gasteiger partial charge on any atom is -0.480 e. The Hall–Kier alpha value is -1.50. The first-order valence-electron chi connectivity index (χ1n) is 6.56. The number of carbonyl (C=O) groups excluding carboxylic acids is 1. The zero-order valence-corrected chi connectivity index (χ0v) is 12.2. The lowest BCUT2D eigenvalue weighted by atomic mass is 10.1. The van der Waals surface area contributed by atoms with E-state index in [9.17, 15) is 9.59 Å². The summed E-state index contributed by atoms with van der Waals surface area (Å²) < 4.78 is 1.87. The van der Waals surface area contributed by atoms with Gasteiger partial charge in [0.1, 0.15) is 6.04 Å². The number of imidazole rings is 1. The molecule has 0 aromatic carbocycles.